The van der Waals surface area contributed by atoms with Crippen molar-refractivity contribution in [2.75, 3.05) is 39.9 Å². The molecule has 3 nitrogen and oxygen atoms in total. The largest absolute Gasteiger partial charge is 0.383 e. The minimum absolute atomic E-state index is 0.825. The summed E-state index contributed by atoms with van der Waals surface area (Å²) in [5.74, 6) is 1.01. The van der Waals surface area contributed by atoms with Gasteiger partial charge in [0.1, 0.15) is 0 Å². The highest BCUT2D eigenvalue weighted by atomic mass is 16.5. The Morgan fingerprint density at radius 3 is 2.71 bits per heavy atom. The molecule has 1 heterocycles. The fourth-order valence-corrected chi connectivity index (χ4v) is 3.53. The molecule has 1 atom stereocenters. The predicted octanol–water partition coefficient (Wildman–Crippen LogP) is 1.88. The van der Waals surface area contributed by atoms with Crippen molar-refractivity contribution in [2.45, 2.75) is 44.6 Å². The zero-order chi connectivity index (χ0) is 11.9. The van der Waals surface area contributed by atoms with E-state index in [4.69, 9.17) is 4.74 Å². The van der Waals surface area contributed by atoms with Gasteiger partial charge >= 0.3 is 0 Å². The molecule has 0 aromatic rings. The molecule has 3 heteroatoms. The Labute approximate surface area is 106 Å². The zero-order valence-electron chi connectivity index (χ0n) is 11.3. The van der Waals surface area contributed by atoms with Crippen LogP contribution in [0.1, 0.15) is 38.5 Å². The fraction of sp³-hybridized carbons (Fsp3) is 1.00. The highest BCUT2D eigenvalue weighted by molar-refractivity contribution is 4.87. The molecule has 1 aliphatic heterocycles. The first-order chi connectivity index (χ1) is 8.42. The second-order valence-corrected chi connectivity index (χ2v) is 5.53. The van der Waals surface area contributed by atoms with Crippen molar-refractivity contribution in [3.05, 3.63) is 0 Å². The van der Waals surface area contributed by atoms with Crippen molar-refractivity contribution in [1.82, 2.24) is 10.2 Å². The van der Waals surface area contributed by atoms with Crippen LogP contribution in [0.25, 0.3) is 0 Å². The molecule has 0 aromatic carbocycles. The SMILES string of the molecule is COCCNCCN1CCCC1C1CCCC1. The van der Waals surface area contributed by atoms with Crippen molar-refractivity contribution in [3.8, 4) is 0 Å². The van der Waals surface area contributed by atoms with Crippen LogP contribution in [0.4, 0.5) is 0 Å². The van der Waals surface area contributed by atoms with Gasteiger partial charge in [-0.3, -0.25) is 4.90 Å². The lowest BCUT2D eigenvalue weighted by Crippen LogP contribution is -2.39. The molecule has 1 saturated carbocycles. The molecular formula is C14H28N2O. The molecule has 0 aromatic heterocycles. The van der Waals surface area contributed by atoms with E-state index in [2.05, 4.69) is 10.2 Å². The summed E-state index contributed by atoms with van der Waals surface area (Å²) in [6, 6.07) is 0.904. The van der Waals surface area contributed by atoms with Crippen LogP contribution < -0.4 is 5.32 Å². The van der Waals surface area contributed by atoms with Gasteiger partial charge in [0.05, 0.1) is 6.61 Å². The molecule has 0 spiro atoms. The number of nitrogens with one attached hydrogen (secondary N) is 1. The van der Waals surface area contributed by atoms with E-state index in [1.165, 1.54) is 51.6 Å². The summed E-state index contributed by atoms with van der Waals surface area (Å²) >= 11 is 0. The smallest absolute Gasteiger partial charge is 0.0587 e. The third-order valence-electron chi connectivity index (χ3n) is 4.42. The van der Waals surface area contributed by atoms with Crippen molar-refractivity contribution >= 4 is 0 Å². The maximum atomic E-state index is 5.04. The Hall–Kier alpha value is -0.120. The van der Waals surface area contributed by atoms with Gasteiger partial charge in [-0.15, -0.1) is 0 Å². The zero-order valence-corrected chi connectivity index (χ0v) is 11.3. The minimum atomic E-state index is 0.825. The summed E-state index contributed by atoms with van der Waals surface area (Å²) in [5.41, 5.74) is 0. The number of hydrogen-bond donors (Lipinski definition) is 1. The van der Waals surface area contributed by atoms with Crippen LogP contribution in [-0.4, -0.2) is 50.8 Å². The summed E-state index contributed by atoms with van der Waals surface area (Å²) in [6.07, 6.45) is 8.78. The van der Waals surface area contributed by atoms with E-state index in [0.717, 1.165) is 31.7 Å². The van der Waals surface area contributed by atoms with Gasteiger partial charge in [-0.2, -0.15) is 0 Å². The molecule has 1 unspecified atom stereocenters. The van der Waals surface area contributed by atoms with Gasteiger partial charge in [-0.1, -0.05) is 12.8 Å². The predicted molar refractivity (Wildman–Crippen MR) is 71.3 cm³/mol. The topological polar surface area (TPSA) is 24.5 Å². The maximum Gasteiger partial charge on any atom is 0.0587 e. The number of nitrogens with zero attached hydrogens (tertiary/aromatic N) is 1. The summed E-state index contributed by atoms with van der Waals surface area (Å²) in [5, 5.41) is 3.46. The Bertz CT molecular complexity index is 204. The first kappa shape index (κ1) is 13.3. The van der Waals surface area contributed by atoms with Crippen LogP contribution in [0.3, 0.4) is 0 Å². The third kappa shape index (κ3) is 3.94. The highest BCUT2D eigenvalue weighted by Gasteiger charge is 2.32. The van der Waals surface area contributed by atoms with E-state index >= 15 is 0 Å². The molecule has 100 valence electrons. The number of likely N-dealkylation sites (tertiary alicyclic amines) is 1. The van der Waals surface area contributed by atoms with Crippen LogP contribution in [-0.2, 0) is 4.74 Å². The Morgan fingerprint density at radius 1 is 1.12 bits per heavy atom. The first-order valence-corrected chi connectivity index (χ1v) is 7.35. The minimum Gasteiger partial charge on any atom is -0.383 e. The molecule has 1 aliphatic carbocycles. The van der Waals surface area contributed by atoms with Gasteiger partial charge in [0.2, 0.25) is 0 Å². The van der Waals surface area contributed by atoms with Gasteiger partial charge < -0.3 is 10.1 Å². The molecular weight excluding hydrogens is 212 g/mol. The van der Waals surface area contributed by atoms with Crippen molar-refractivity contribution in [2.24, 2.45) is 5.92 Å². The van der Waals surface area contributed by atoms with Crippen molar-refractivity contribution in [3.63, 3.8) is 0 Å². The molecule has 17 heavy (non-hydrogen) atoms. The van der Waals surface area contributed by atoms with Gasteiger partial charge in [-0.25, -0.2) is 0 Å². The summed E-state index contributed by atoms with van der Waals surface area (Å²) in [7, 11) is 1.76. The lowest BCUT2D eigenvalue weighted by Gasteiger charge is -2.29. The number of rotatable bonds is 7. The Morgan fingerprint density at radius 2 is 1.94 bits per heavy atom. The average molecular weight is 240 g/mol. The van der Waals surface area contributed by atoms with E-state index in [0.29, 0.717) is 0 Å². The highest BCUT2D eigenvalue weighted by Crippen LogP contribution is 2.34. The monoisotopic (exact) mass is 240 g/mol. The number of ether oxygens (including phenoxy) is 1. The van der Waals surface area contributed by atoms with Crippen molar-refractivity contribution in [1.29, 1.82) is 0 Å². The van der Waals surface area contributed by atoms with Gasteiger partial charge in [-0.05, 0) is 38.1 Å². The first-order valence-electron chi connectivity index (χ1n) is 7.35. The number of hydrogen-bond acceptors (Lipinski definition) is 3. The maximum absolute atomic E-state index is 5.04. The second-order valence-electron chi connectivity index (χ2n) is 5.53. The Balaban J connectivity index is 1.64. The standard InChI is InChI=1S/C14H28N2O/c1-17-12-9-15-8-11-16-10-4-7-14(16)13-5-2-3-6-13/h13-15H,2-12H2,1H3. The molecule has 2 aliphatic rings. The lowest BCUT2D eigenvalue weighted by molar-refractivity contribution is 0.181. The van der Waals surface area contributed by atoms with Crippen LogP contribution in [0.2, 0.25) is 0 Å². The van der Waals surface area contributed by atoms with Crippen LogP contribution in [0.15, 0.2) is 0 Å². The van der Waals surface area contributed by atoms with Crippen molar-refractivity contribution < 1.29 is 4.74 Å². The van der Waals surface area contributed by atoms with E-state index in [1.54, 1.807) is 7.11 Å². The van der Waals surface area contributed by atoms with Gasteiger partial charge in [0.25, 0.3) is 0 Å². The second kappa shape index (κ2) is 7.34. The normalized spacial score (nSPS) is 27.0. The summed E-state index contributed by atoms with van der Waals surface area (Å²) < 4.78 is 5.04. The van der Waals surface area contributed by atoms with E-state index in [1.807, 2.05) is 0 Å². The molecule has 1 saturated heterocycles. The van der Waals surface area contributed by atoms with Crippen LogP contribution in [0, 0.1) is 5.92 Å². The molecule has 1 N–H and O–H groups in total. The Kier molecular flexibility index (Phi) is 5.75. The molecule has 0 bridgehead atoms. The average Bonchev–Trinajstić information content (AvgIpc) is 2.98. The molecule has 2 rings (SSSR count). The molecule has 0 amide bonds. The third-order valence-corrected chi connectivity index (χ3v) is 4.42. The van der Waals surface area contributed by atoms with Gasteiger partial charge in [0, 0.05) is 32.8 Å². The number of methoxy groups -OCH3 is 1. The summed E-state index contributed by atoms with van der Waals surface area (Å²) in [4.78, 5) is 2.73. The molecule has 2 fully saturated rings. The van der Waals surface area contributed by atoms with E-state index in [-0.39, 0.29) is 0 Å². The quantitative estimate of drug-likeness (QED) is 0.688. The van der Waals surface area contributed by atoms with Gasteiger partial charge in [0.15, 0.2) is 0 Å². The summed E-state index contributed by atoms with van der Waals surface area (Å²) in [6.45, 7) is 5.48. The van der Waals surface area contributed by atoms with E-state index in [9.17, 15) is 0 Å². The van der Waals surface area contributed by atoms with E-state index < -0.39 is 0 Å². The molecule has 0 radical (unpaired) electrons. The lowest BCUT2D eigenvalue weighted by atomic mass is 9.96. The van der Waals surface area contributed by atoms with Crippen LogP contribution >= 0.6 is 0 Å². The fourth-order valence-electron chi connectivity index (χ4n) is 3.53. The van der Waals surface area contributed by atoms with Crippen LogP contribution in [0.5, 0.6) is 0 Å².